The molecule has 0 unspecified atom stereocenters. The highest BCUT2D eigenvalue weighted by Gasteiger charge is 2.38. The van der Waals surface area contributed by atoms with Gasteiger partial charge >= 0.3 is 0 Å². The Hall–Kier alpha value is -2.55. The Morgan fingerprint density at radius 3 is 2.57 bits per heavy atom. The maximum Gasteiger partial charge on any atom is 0.266 e. The Labute approximate surface area is 184 Å². The molecule has 1 heterocycles. The fourth-order valence-corrected chi connectivity index (χ4v) is 4.46. The lowest BCUT2D eigenvalue weighted by Crippen LogP contribution is -2.51. The monoisotopic (exact) mass is 444 g/mol. The number of thioether (sulfide) groups is 1. The number of carbonyl (C=O) groups is 2. The average molecular weight is 445 g/mol. The van der Waals surface area contributed by atoms with Gasteiger partial charge in [0, 0.05) is 5.56 Å². The maximum atomic E-state index is 13.9. The van der Waals surface area contributed by atoms with E-state index in [4.69, 9.17) is 12.2 Å². The lowest BCUT2D eigenvalue weighted by Gasteiger charge is -2.25. The maximum absolute atomic E-state index is 13.9. The Morgan fingerprint density at radius 2 is 1.90 bits per heavy atom. The molecule has 156 valence electrons. The topological polar surface area (TPSA) is 69.6 Å². The van der Waals surface area contributed by atoms with Crippen molar-refractivity contribution in [2.45, 2.75) is 25.4 Å². The van der Waals surface area contributed by atoms with Crippen LogP contribution in [0.3, 0.4) is 0 Å². The summed E-state index contributed by atoms with van der Waals surface area (Å²) in [6, 6.07) is 14.2. The van der Waals surface area contributed by atoms with Gasteiger partial charge in [-0.2, -0.15) is 0 Å². The molecule has 1 aliphatic heterocycles. The largest absolute Gasteiger partial charge is 0.394 e. The molecule has 2 atom stereocenters. The molecule has 2 amide bonds. The molecule has 0 aromatic heterocycles. The molecule has 3 rings (SSSR count). The van der Waals surface area contributed by atoms with Crippen molar-refractivity contribution in [1.82, 2.24) is 10.2 Å². The second-order valence-electron chi connectivity index (χ2n) is 6.83. The van der Waals surface area contributed by atoms with E-state index >= 15 is 0 Å². The van der Waals surface area contributed by atoms with Crippen molar-refractivity contribution in [3.8, 4) is 0 Å². The smallest absolute Gasteiger partial charge is 0.266 e. The van der Waals surface area contributed by atoms with Crippen LogP contribution in [0.15, 0.2) is 59.5 Å². The summed E-state index contributed by atoms with van der Waals surface area (Å²) in [4.78, 5) is 27.0. The van der Waals surface area contributed by atoms with Crippen molar-refractivity contribution >= 4 is 46.2 Å². The summed E-state index contributed by atoms with van der Waals surface area (Å²) < 4.78 is 14.1. The Morgan fingerprint density at radius 1 is 1.23 bits per heavy atom. The predicted octanol–water partition coefficient (Wildman–Crippen LogP) is 3.14. The summed E-state index contributed by atoms with van der Waals surface area (Å²) >= 11 is 6.32. The molecule has 30 heavy (non-hydrogen) atoms. The van der Waals surface area contributed by atoms with Gasteiger partial charge in [-0.25, -0.2) is 4.39 Å². The summed E-state index contributed by atoms with van der Waals surface area (Å²) in [6.07, 6.45) is 1.90. The van der Waals surface area contributed by atoms with Crippen molar-refractivity contribution in [3.63, 3.8) is 0 Å². The highest BCUT2D eigenvalue weighted by Crippen LogP contribution is 2.34. The number of amides is 2. The van der Waals surface area contributed by atoms with E-state index in [9.17, 15) is 19.1 Å². The van der Waals surface area contributed by atoms with Gasteiger partial charge in [0.1, 0.15) is 16.2 Å². The van der Waals surface area contributed by atoms with Crippen LogP contribution < -0.4 is 5.32 Å². The number of aliphatic hydroxyl groups is 1. The zero-order valence-electron chi connectivity index (χ0n) is 16.2. The van der Waals surface area contributed by atoms with E-state index in [2.05, 4.69) is 5.32 Å². The van der Waals surface area contributed by atoms with Crippen LogP contribution in [0.1, 0.15) is 18.1 Å². The van der Waals surface area contributed by atoms with Crippen molar-refractivity contribution in [1.29, 1.82) is 0 Å². The van der Waals surface area contributed by atoms with E-state index in [1.807, 2.05) is 30.3 Å². The van der Waals surface area contributed by atoms with Gasteiger partial charge in [0.25, 0.3) is 5.91 Å². The number of aliphatic hydroxyl groups excluding tert-OH is 1. The lowest BCUT2D eigenvalue weighted by atomic mass is 10.1. The Balaban J connectivity index is 1.70. The first-order valence-corrected chi connectivity index (χ1v) is 10.6. The third-order valence-corrected chi connectivity index (χ3v) is 6.00. The highest BCUT2D eigenvalue weighted by molar-refractivity contribution is 8.26. The zero-order chi connectivity index (χ0) is 21.7. The molecule has 0 aliphatic carbocycles. The normalized spacial score (nSPS) is 17.3. The van der Waals surface area contributed by atoms with E-state index in [0.717, 1.165) is 17.3 Å². The van der Waals surface area contributed by atoms with Gasteiger partial charge in [0.15, 0.2) is 0 Å². The first kappa shape index (κ1) is 22.1. The van der Waals surface area contributed by atoms with Crippen LogP contribution >= 0.6 is 24.0 Å². The van der Waals surface area contributed by atoms with Gasteiger partial charge in [-0.15, -0.1) is 0 Å². The summed E-state index contributed by atoms with van der Waals surface area (Å²) in [5, 5.41) is 12.4. The van der Waals surface area contributed by atoms with Crippen LogP contribution in [-0.4, -0.2) is 44.8 Å². The fourth-order valence-electron chi connectivity index (χ4n) is 3.05. The molecule has 0 bridgehead atoms. The van der Waals surface area contributed by atoms with E-state index in [1.54, 1.807) is 25.1 Å². The number of halogens is 1. The van der Waals surface area contributed by atoms with E-state index in [0.29, 0.717) is 6.42 Å². The molecule has 0 radical (unpaired) electrons. The first-order valence-electron chi connectivity index (χ1n) is 9.37. The molecule has 5 nitrogen and oxygen atoms in total. The molecule has 0 saturated carbocycles. The molecule has 0 spiro atoms. The number of carbonyl (C=O) groups excluding carboxylic acids is 2. The molecule has 1 fully saturated rings. The predicted molar refractivity (Wildman–Crippen MR) is 120 cm³/mol. The van der Waals surface area contributed by atoms with Crippen LogP contribution in [-0.2, 0) is 16.0 Å². The number of benzene rings is 2. The van der Waals surface area contributed by atoms with Crippen molar-refractivity contribution < 1.29 is 19.1 Å². The van der Waals surface area contributed by atoms with E-state index < -0.39 is 29.7 Å². The number of thiocarbonyl (C=S) groups is 1. The van der Waals surface area contributed by atoms with Crippen molar-refractivity contribution in [2.24, 2.45) is 0 Å². The van der Waals surface area contributed by atoms with E-state index in [1.165, 1.54) is 17.0 Å². The van der Waals surface area contributed by atoms with Crippen LogP contribution in [0.4, 0.5) is 4.39 Å². The summed E-state index contributed by atoms with van der Waals surface area (Å²) in [5.41, 5.74) is 1.25. The highest BCUT2D eigenvalue weighted by atomic mass is 32.2. The first-order chi connectivity index (χ1) is 14.4. The third-order valence-electron chi connectivity index (χ3n) is 4.67. The number of hydrogen-bond donors (Lipinski definition) is 2. The molecule has 1 saturated heterocycles. The van der Waals surface area contributed by atoms with Gasteiger partial charge in [0.05, 0.1) is 17.6 Å². The molecule has 8 heteroatoms. The van der Waals surface area contributed by atoms with Crippen LogP contribution in [0.2, 0.25) is 0 Å². The molecule has 2 aromatic carbocycles. The molecule has 1 aliphatic rings. The standard InChI is InChI=1S/C22H21FN2O3S2/c1-14(20(27)24-17(13-26)11-15-7-3-2-4-8-15)25-21(28)19(30-22(25)29)12-16-9-5-6-10-18(16)23/h2-10,12,14,17,26H,11,13H2,1H3,(H,24,27)/b19-12-/t14-,17-/m1/s1. The number of rotatable bonds is 7. The van der Waals surface area contributed by atoms with Crippen LogP contribution in [0.25, 0.3) is 6.08 Å². The lowest BCUT2D eigenvalue weighted by molar-refractivity contribution is -0.132. The minimum absolute atomic E-state index is 0.230. The van der Waals surface area contributed by atoms with Crippen LogP contribution in [0, 0.1) is 5.82 Å². The van der Waals surface area contributed by atoms with Crippen molar-refractivity contribution in [2.75, 3.05) is 6.61 Å². The Kier molecular flexibility index (Phi) is 7.36. The number of nitrogens with zero attached hydrogens (tertiary/aromatic N) is 1. The second kappa shape index (κ2) is 9.97. The molecular weight excluding hydrogens is 423 g/mol. The molecule has 2 aromatic rings. The average Bonchev–Trinajstić information content (AvgIpc) is 3.02. The third kappa shape index (κ3) is 5.13. The zero-order valence-corrected chi connectivity index (χ0v) is 17.9. The number of hydrogen-bond acceptors (Lipinski definition) is 5. The van der Waals surface area contributed by atoms with Gasteiger partial charge in [-0.05, 0) is 31.1 Å². The van der Waals surface area contributed by atoms with Gasteiger partial charge < -0.3 is 10.4 Å². The van der Waals surface area contributed by atoms with Gasteiger partial charge in [-0.3, -0.25) is 14.5 Å². The SMILES string of the molecule is C[C@H](C(=O)N[C@@H](CO)Cc1ccccc1)N1C(=O)/C(=C/c2ccccc2F)SC1=S. The Bertz CT molecular complexity index is 981. The summed E-state index contributed by atoms with van der Waals surface area (Å²) in [7, 11) is 0. The minimum Gasteiger partial charge on any atom is -0.394 e. The van der Waals surface area contributed by atoms with Crippen molar-refractivity contribution in [3.05, 3.63) is 76.4 Å². The summed E-state index contributed by atoms with van der Waals surface area (Å²) in [6.45, 7) is 1.34. The minimum atomic E-state index is -0.867. The summed E-state index contributed by atoms with van der Waals surface area (Å²) in [5.74, 6) is -1.31. The fraction of sp³-hybridized carbons (Fsp3) is 0.227. The quantitative estimate of drug-likeness (QED) is 0.507. The van der Waals surface area contributed by atoms with E-state index in [-0.39, 0.29) is 21.4 Å². The van der Waals surface area contributed by atoms with Gasteiger partial charge in [-0.1, -0.05) is 72.5 Å². The molecule has 2 N–H and O–H groups in total. The number of nitrogens with one attached hydrogen (secondary N) is 1. The molecular formula is C22H21FN2O3S2. The second-order valence-corrected chi connectivity index (χ2v) is 8.50. The van der Waals surface area contributed by atoms with Gasteiger partial charge in [0.2, 0.25) is 5.91 Å². The van der Waals surface area contributed by atoms with Crippen LogP contribution in [0.5, 0.6) is 0 Å².